The highest BCUT2D eigenvalue weighted by Gasteiger charge is 2.07. The van der Waals surface area contributed by atoms with Crippen LogP contribution in [0.3, 0.4) is 0 Å². The van der Waals surface area contributed by atoms with E-state index in [4.69, 9.17) is 4.74 Å². The molecule has 0 amide bonds. The van der Waals surface area contributed by atoms with E-state index in [0.717, 1.165) is 11.1 Å². The number of benzene rings is 1. The Hall–Kier alpha value is -1.15. The minimum absolute atomic E-state index is 0.0417. The Balaban J connectivity index is 2.95. The fraction of sp³-hybridized carbons (Fsp3) is 0.364. The molecule has 0 aliphatic heterocycles. The molecule has 0 heterocycles. The van der Waals surface area contributed by atoms with E-state index in [0.29, 0.717) is 0 Å². The topological polar surface area (TPSA) is 26.3 Å². The summed E-state index contributed by atoms with van der Waals surface area (Å²) in [5.41, 5.74) is 2.95. The zero-order chi connectivity index (χ0) is 9.84. The van der Waals surface area contributed by atoms with E-state index in [1.54, 1.807) is 0 Å². The Labute approximate surface area is 78.5 Å². The fourth-order valence-electron chi connectivity index (χ4n) is 1.34. The largest absolute Gasteiger partial charge is 0.377 e. The van der Waals surface area contributed by atoms with Crippen LogP contribution in [0.1, 0.15) is 21.5 Å². The van der Waals surface area contributed by atoms with E-state index in [9.17, 15) is 4.79 Å². The quantitative estimate of drug-likeness (QED) is 0.663. The predicted molar refractivity (Wildman–Crippen MR) is 52.1 cm³/mol. The van der Waals surface area contributed by atoms with E-state index in [1.165, 1.54) is 12.7 Å². The Kier molecular flexibility index (Phi) is 3.20. The molecule has 70 valence electrons. The van der Waals surface area contributed by atoms with Crippen molar-refractivity contribution in [3.63, 3.8) is 0 Å². The number of carbonyl (C=O) groups is 1. The molecule has 0 unspecified atom stereocenters. The highest BCUT2D eigenvalue weighted by Crippen LogP contribution is 2.11. The molecule has 0 aromatic heterocycles. The molecule has 0 fully saturated rings. The molecule has 0 N–H and O–H groups in total. The fourth-order valence-corrected chi connectivity index (χ4v) is 1.34. The second-order valence-corrected chi connectivity index (χ2v) is 3.17. The van der Waals surface area contributed by atoms with Gasteiger partial charge < -0.3 is 4.74 Å². The standard InChI is InChI=1S/C11H14O2/c1-8-4-5-10(9(2)6-8)11(12)7-13-3/h4-6H,7H2,1-3H3. The van der Waals surface area contributed by atoms with E-state index in [1.807, 2.05) is 32.0 Å². The van der Waals surface area contributed by atoms with Gasteiger partial charge >= 0.3 is 0 Å². The number of ether oxygens (including phenoxy) is 1. The first-order chi connectivity index (χ1) is 6.15. The van der Waals surface area contributed by atoms with E-state index in [2.05, 4.69) is 0 Å². The van der Waals surface area contributed by atoms with Crippen molar-refractivity contribution >= 4 is 5.78 Å². The maximum atomic E-state index is 11.5. The normalized spacial score (nSPS) is 10.1. The average Bonchev–Trinajstić information content (AvgIpc) is 2.04. The molecule has 0 radical (unpaired) electrons. The van der Waals surface area contributed by atoms with Gasteiger partial charge in [-0.3, -0.25) is 4.79 Å². The maximum absolute atomic E-state index is 11.5. The lowest BCUT2D eigenvalue weighted by Crippen LogP contribution is -2.08. The van der Waals surface area contributed by atoms with Crippen molar-refractivity contribution in [2.75, 3.05) is 13.7 Å². The molecule has 1 rings (SSSR count). The second kappa shape index (κ2) is 4.19. The first-order valence-electron chi connectivity index (χ1n) is 4.24. The molecule has 13 heavy (non-hydrogen) atoms. The molecule has 0 aliphatic carbocycles. The van der Waals surface area contributed by atoms with E-state index < -0.39 is 0 Å². The summed E-state index contributed by atoms with van der Waals surface area (Å²) in [4.78, 5) is 11.5. The van der Waals surface area contributed by atoms with Gasteiger partial charge in [0.25, 0.3) is 0 Å². The minimum atomic E-state index is 0.0417. The van der Waals surface area contributed by atoms with Crippen molar-refractivity contribution in [3.8, 4) is 0 Å². The van der Waals surface area contributed by atoms with Crippen LogP contribution in [0, 0.1) is 13.8 Å². The number of Topliss-reactive ketones (excluding diaryl/α,β-unsaturated/α-hetero) is 1. The molecule has 0 bridgehead atoms. The SMILES string of the molecule is COCC(=O)c1ccc(C)cc1C. The van der Waals surface area contributed by atoms with Crippen LogP contribution < -0.4 is 0 Å². The summed E-state index contributed by atoms with van der Waals surface area (Å²) in [7, 11) is 1.53. The van der Waals surface area contributed by atoms with Gasteiger partial charge in [0.2, 0.25) is 0 Å². The molecular formula is C11H14O2. The Morgan fingerprint density at radius 3 is 2.62 bits per heavy atom. The molecule has 2 heteroatoms. The number of hydrogen-bond acceptors (Lipinski definition) is 2. The van der Waals surface area contributed by atoms with Crippen molar-refractivity contribution in [2.24, 2.45) is 0 Å². The van der Waals surface area contributed by atoms with Gasteiger partial charge in [0.05, 0.1) is 0 Å². The maximum Gasteiger partial charge on any atom is 0.188 e. The van der Waals surface area contributed by atoms with Crippen LogP contribution in [0.4, 0.5) is 0 Å². The number of hydrogen-bond donors (Lipinski definition) is 0. The first-order valence-corrected chi connectivity index (χ1v) is 4.24. The van der Waals surface area contributed by atoms with Gasteiger partial charge in [-0.2, -0.15) is 0 Å². The Morgan fingerprint density at radius 2 is 2.08 bits per heavy atom. The van der Waals surface area contributed by atoms with Gasteiger partial charge in [-0.05, 0) is 19.4 Å². The molecule has 0 saturated heterocycles. The molecule has 1 aromatic carbocycles. The molecule has 0 atom stereocenters. The van der Waals surface area contributed by atoms with Crippen molar-refractivity contribution in [3.05, 3.63) is 34.9 Å². The average molecular weight is 178 g/mol. The van der Waals surface area contributed by atoms with Crippen molar-refractivity contribution < 1.29 is 9.53 Å². The summed E-state index contributed by atoms with van der Waals surface area (Å²) in [6, 6.07) is 5.80. The zero-order valence-electron chi connectivity index (χ0n) is 8.26. The molecule has 1 aromatic rings. The minimum Gasteiger partial charge on any atom is -0.377 e. The summed E-state index contributed by atoms with van der Waals surface area (Å²) < 4.78 is 4.79. The lowest BCUT2D eigenvalue weighted by atomic mass is 10.0. The van der Waals surface area contributed by atoms with Crippen LogP contribution in [0.5, 0.6) is 0 Å². The lowest BCUT2D eigenvalue weighted by Gasteiger charge is -2.04. The highest BCUT2D eigenvalue weighted by molar-refractivity contribution is 5.98. The van der Waals surface area contributed by atoms with Crippen molar-refractivity contribution in [1.82, 2.24) is 0 Å². The number of carbonyl (C=O) groups excluding carboxylic acids is 1. The van der Waals surface area contributed by atoms with E-state index >= 15 is 0 Å². The summed E-state index contributed by atoms with van der Waals surface area (Å²) in [5.74, 6) is 0.0417. The van der Waals surface area contributed by atoms with Crippen LogP contribution in [-0.2, 0) is 4.74 Å². The van der Waals surface area contributed by atoms with Gasteiger partial charge in [-0.25, -0.2) is 0 Å². The third kappa shape index (κ3) is 2.39. The second-order valence-electron chi connectivity index (χ2n) is 3.17. The van der Waals surface area contributed by atoms with Crippen LogP contribution in [0.2, 0.25) is 0 Å². The Morgan fingerprint density at radius 1 is 1.38 bits per heavy atom. The summed E-state index contributed by atoms with van der Waals surface area (Å²) in [6.07, 6.45) is 0. The van der Waals surface area contributed by atoms with Gasteiger partial charge in [-0.1, -0.05) is 23.8 Å². The van der Waals surface area contributed by atoms with Gasteiger partial charge in [0, 0.05) is 12.7 Å². The molecule has 0 saturated carbocycles. The predicted octanol–water partition coefficient (Wildman–Crippen LogP) is 2.13. The summed E-state index contributed by atoms with van der Waals surface area (Å²) in [5, 5.41) is 0. The van der Waals surface area contributed by atoms with Gasteiger partial charge in [-0.15, -0.1) is 0 Å². The van der Waals surface area contributed by atoms with Crippen LogP contribution in [0.25, 0.3) is 0 Å². The molecule has 0 spiro atoms. The molecule has 2 nitrogen and oxygen atoms in total. The molecular weight excluding hydrogens is 164 g/mol. The lowest BCUT2D eigenvalue weighted by molar-refractivity contribution is 0.0847. The van der Waals surface area contributed by atoms with Crippen LogP contribution in [-0.4, -0.2) is 19.5 Å². The third-order valence-corrected chi connectivity index (χ3v) is 1.96. The first kappa shape index (κ1) is 9.93. The monoisotopic (exact) mass is 178 g/mol. The van der Waals surface area contributed by atoms with E-state index in [-0.39, 0.29) is 12.4 Å². The zero-order valence-corrected chi connectivity index (χ0v) is 8.26. The van der Waals surface area contributed by atoms with Crippen molar-refractivity contribution in [2.45, 2.75) is 13.8 Å². The number of ketones is 1. The Bertz CT molecular complexity index is 316. The smallest absolute Gasteiger partial charge is 0.188 e. The summed E-state index contributed by atoms with van der Waals surface area (Å²) >= 11 is 0. The van der Waals surface area contributed by atoms with Gasteiger partial charge in [0.1, 0.15) is 6.61 Å². The summed E-state index contributed by atoms with van der Waals surface area (Å²) in [6.45, 7) is 4.11. The van der Waals surface area contributed by atoms with Crippen LogP contribution >= 0.6 is 0 Å². The third-order valence-electron chi connectivity index (χ3n) is 1.96. The number of rotatable bonds is 3. The van der Waals surface area contributed by atoms with Crippen LogP contribution in [0.15, 0.2) is 18.2 Å². The molecule has 0 aliphatic rings. The van der Waals surface area contributed by atoms with Gasteiger partial charge in [0.15, 0.2) is 5.78 Å². The highest BCUT2D eigenvalue weighted by atomic mass is 16.5. The number of aryl methyl sites for hydroxylation is 2. The number of methoxy groups -OCH3 is 1. The van der Waals surface area contributed by atoms with Crippen molar-refractivity contribution in [1.29, 1.82) is 0 Å².